The molecule has 5 nitrogen and oxygen atoms in total. The highest BCUT2D eigenvalue weighted by Crippen LogP contribution is 2.51. The summed E-state index contributed by atoms with van der Waals surface area (Å²) in [5, 5.41) is 13.3. The van der Waals surface area contributed by atoms with Gasteiger partial charge in [-0.1, -0.05) is 45.7 Å². The number of nitrogens with one attached hydrogen (secondary N) is 1. The number of nitriles is 1. The molecular formula is C29H44FN3O2. The molecule has 194 valence electrons. The molecule has 0 bridgehead atoms. The van der Waals surface area contributed by atoms with Gasteiger partial charge in [0.1, 0.15) is 11.9 Å². The van der Waals surface area contributed by atoms with Gasteiger partial charge in [0.25, 0.3) is 0 Å². The van der Waals surface area contributed by atoms with Crippen LogP contribution in [-0.2, 0) is 10.2 Å². The van der Waals surface area contributed by atoms with Crippen LogP contribution in [0.2, 0.25) is 0 Å². The Morgan fingerprint density at radius 3 is 2.60 bits per heavy atom. The molecule has 0 spiro atoms. The molecule has 1 aliphatic heterocycles. The van der Waals surface area contributed by atoms with Crippen LogP contribution in [0.1, 0.15) is 77.7 Å². The minimum Gasteiger partial charge on any atom is -0.446 e. The largest absolute Gasteiger partial charge is 0.446 e. The van der Waals surface area contributed by atoms with Crippen molar-refractivity contribution in [1.29, 1.82) is 5.26 Å². The molecule has 0 radical (unpaired) electrons. The molecule has 3 rings (SSSR count). The number of carbonyl (C=O) groups is 1. The van der Waals surface area contributed by atoms with Crippen LogP contribution in [0.15, 0.2) is 24.3 Å². The number of nitrogens with zero attached hydrogens (tertiary/aromatic N) is 2. The monoisotopic (exact) mass is 485 g/mol. The van der Waals surface area contributed by atoms with E-state index in [-0.39, 0.29) is 23.8 Å². The summed E-state index contributed by atoms with van der Waals surface area (Å²) in [5.41, 5.74) is -0.136. The number of hydrogen-bond acceptors (Lipinski definition) is 4. The Balaban J connectivity index is 1.83. The van der Waals surface area contributed by atoms with Crippen molar-refractivity contribution in [1.82, 2.24) is 10.2 Å². The van der Waals surface area contributed by atoms with E-state index in [9.17, 15) is 14.4 Å². The van der Waals surface area contributed by atoms with Gasteiger partial charge in [0.15, 0.2) is 0 Å². The lowest BCUT2D eigenvalue weighted by atomic mass is 9.59. The molecule has 6 heteroatoms. The second kappa shape index (κ2) is 12.7. The van der Waals surface area contributed by atoms with Crippen LogP contribution in [0.5, 0.6) is 0 Å². The standard InChI is InChI=1S/C29H44FN3O2/c1-5-21(3)17-22(6-2)19-33-15-13-23(14-16-33)29(20-31,24-9-7-10-25(30)18-24)26-11-8-12-27(26)35-28(34)32-4/h7,9-10,18,21-23,26-27H,5-6,8,11-17,19H2,1-4H3,(H,32,34). The maximum Gasteiger partial charge on any atom is 0.407 e. The van der Waals surface area contributed by atoms with Crippen LogP contribution in [0.3, 0.4) is 0 Å². The summed E-state index contributed by atoms with van der Waals surface area (Å²) in [7, 11) is 1.55. The van der Waals surface area contributed by atoms with Gasteiger partial charge in [0.2, 0.25) is 0 Å². The number of piperidine rings is 1. The summed E-state index contributed by atoms with van der Waals surface area (Å²) in [4.78, 5) is 14.6. The van der Waals surface area contributed by atoms with Crippen LogP contribution in [0.25, 0.3) is 0 Å². The van der Waals surface area contributed by atoms with Gasteiger partial charge >= 0.3 is 6.09 Å². The van der Waals surface area contributed by atoms with Crippen molar-refractivity contribution in [3.63, 3.8) is 0 Å². The van der Waals surface area contributed by atoms with Gasteiger partial charge in [-0.15, -0.1) is 0 Å². The normalized spacial score (nSPS) is 24.8. The van der Waals surface area contributed by atoms with E-state index in [2.05, 4.69) is 37.1 Å². The van der Waals surface area contributed by atoms with Gasteiger partial charge in [0.05, 0.1) is 11.5 Å². The topological polar surface area (TPSA) is 65.4 Å². The number of rotatable bonds is 10. The number of halogens is 1. The molecule has 2 fully saturated rings. The first-order valence-electron chi connectivity index (χ1n) is 13.7. The molecule has 5 atom stereocenters. The third kappa shape index (κ3) is 6.36. The van der Waals surface area contributed by atoms with Crippen LogP contribution in [0, 0.1) is 40.8 Å². The maximum absolute atomic E-state index is 14.4. The number of carbonyl (C=O) groups excluding carboxylic acids is 1. The summed E-state index contributed by atoms with van der Waals surface area (Å²) in [5.74, 6) is 1.08. The molecular weight excluding hydrogens is 441 g/mol. The Kier molecular flexibility index (Phi) is 9.98. The number of benzene rings is 1. The summed E-state index contributed by atoms with van der Waals surface area (Å²) >= 11 is 0. The highest BCUT2D eigenvalue weighted by atomic mass is 19.1. The molecule has 1 heterocycles. The van der Waals surface area contributed by atoms with Gasteiger partial charge in [0, 0.05) is 19.5 Å². The van der Waals surface area contributed by atoms with E-state index in [4.69, 9.17) is 4.74 Å². The maximum atomic E-state index is 14.4. The third-order valence-corrected chi connectivity index (χ3v) is 8.75. The average molecular weight is 486 g/mol. The van der Waals surface area contributed by atoms with E-state index < -0.39 is 11.5 Å². The second-order valence-electron chi connectivity index (χ2n) is 10.8. The molecule has 5 unspecified atom stereocenters. The molecule has 1 aromatic rings. The van der Waals surface area contributed by atoms with E-state index >= 15 is 0 Å². The fourth-order valence-electron chi connectivity index (χ4n) is 6.56. The van der Waals surface area contributed by atoms with E-state index in [0.29, 0.717) is 5.92 Å². The van der Waals surface area contributed by atoms with Gasteiger partial charge in [-0.25, -0.2) is 9.18 Å². The first kappa shape index (κ1) is 27.5. The molecule has 2 aliphatic rings. The van der Waals surface area contributed by atoms with Crippen LogP contribution < -0.4 is 5.32 Å². The molecule has 1 saturated heterocycles. The first-order valence-corrected chi connectivity index (χ1v) is 13.7. The molecule has 1 aliphatic carbocycles. The summed E-state index contributed by atoms with van der Waals surface area (Å²) in [6, 6.07) is 9.26. The van der Waals surface area contributed by atoms with Gasteiger partial charge in [-0.3, -0.25) is 0 Å². The van der Waals surface area contributed by atoms with Gasteiger partial charge < -0.3 is 15.0 Å². The molecule has 1 amide bonds. The molecule has 0 aromatic heterocycles. The van der Waals surface area contributed by atoms with Crippen molar-refractivity contribution < 1.29 is 13.9 Å². The number of likely N-dealkylation sites (tertiary alicyclic amines) is 1. The number of ether oxygens (including phenoxy) is 1. The Morgan fingerprint density at radius 1 is 1.26 bits per heavy atom. The SMILES string of the molecule is CCC(C)CC(CC)CN1CCC(C(C#N)(c2cccc(F)c2)C2CCCC2OC(=O)NC)CC1. The Morgan fingerprint density at radius 2 is 2.00 bits per heavy atom. The average Bonchev–Trinajstić information content (AvgIpc) is 3.33. The van der Waals surface area contributed by atoms with E-state index in [0.717, 1.165) is 63.2 Å². The van der Waals surface area contributed by atoms with Gasteiger partial charge in [-0.2, -0.15) is 5.26 Å². The van der Waals surface area contributed by atoms with Crippen LogP contribution in [-0.4, -0.2) is 43.8 Å². The van der Waals surface area contributed by atoms with E-state index in [1.807, 2.05) is 6.07 Å². The van der Waals surface area contributed by atoms with Crippen molar-refractivity contribution >= 4 is 6.09 Å². The van der Waals surface area contributed by atoms with Gasteiger partial charge in [-0.05, 0) is 87.1 Å². The minimum absolute atomic E-state index is 0.0964. The van der Waals surface area contributed by atoms with E-state index in [1.54, 1.807) is 13.1 Å². The third-order valence-electron chi connectivity index (χ3n) is 8.75. The van der Waals surface area contributed by atoms with Crippen molar-refractivity contribution in [2.75, 3.05) is 26.7 Å². The highest BCUT2D eigenvalue weighted by molar-refractivity contribution is 5.67. The molecule has 1 saturated carbocycles. The zero-order chi connectivity index (χ0) is 25.4. The molecule has 1 N–H and O–H groups in total. The minimum atomic E-state index is -0.871. The van der Waals surface area contributed by atoms with Crippen molar-refractivity contribution in [3.8, 4) is 6.07 Å². The lowest BCUT2D eigenvalue weighted by molar-refractivity contribution is 0.0306. The zero-order valence-corrected chi connectivity index (χ0v) is 22.1. The summed E-state index contributed by atoms with van der Waals surface area (Å²) in [6.07, 6.45) is 7.11. The highest BCUT2D eigenvalue weighted by Gasteiger charge is 2.53. The molecule has 35 heavy (non-hydrogen) atoms. The predicted octanol–water partition coefficient (Wildman–Crippen LogP) is 6.29. The molecule has 1 aromatic carbocycles. The summed E-state index contributed by atoms with van der Waals surface area (Å²) in [6.45, 7) is 9.91. The summed E-state index contributed by atoms with van der Waals surface area (Å²) < 4.78 is 20.2. The number of alkyl carbamates (subject to hydrolysis) is 1. The van der Waals surface area contributed by atoms with Crippen LogP contribution in [0.4, 0.5) is 9.18 Å². The fourth-order valence-corrected chi connectivity index (χ4v) is 6.56. The quantitative estimate of drug-likeness (QED) is 0.423. The lowest BCUT2D eigenvalue weighted by Crippen LogP contribution is -2.50. The van der Waals surface area contributed by atoms with Crippen LogP contribution >= 0.6 is 0 Å². The number of amides is 1. The smallest absolute Gasteiger partial charge is 0.407 e. The van der Waals surface area contributed by atoms with Crippen molar-refractivity contribution in [2.24, 2.45) is 23.7 Å². The Hall–Kier alpha value is -2.13. The van der Waals surface area contributed by atoms with E-state index in [1.165, 1.54) is 31.4 Å². The first-order chi connectivity index (χ1) is 16.9. The Bertz CT molecular complexity index is 864. The number of hydrogen-bond donors (Lipinski definition) is 1. The predicted molar refractivity (Wildman–Crippen MR) is 137 cm³/mol. The fraction of sp³-hybridized carbons (Fsp3) is 0.724. The van der Waals surface area contributed by atoms with Crippen molar-refractivity contribution in [2.45, 2.75) is 83.7 Å². The Labute approximate surface area is 211 Å². The second-order valence-corrected chi connectivity index (χ2v) is 10.8. The van der Waals surface area contributed by atoms with Crippen molar-refractivity contribution in [3.05, 3.63) is 35.6 Å². The zero-order valence-electron chi connectivity index (χ0n) is 22.1. The lowest BCUT2D eigenvalue weighted by Gasteiger charge is -2.46.